The lowest BCUT2D eigenvalue weighted by Crippen LogP contribution is -2.53. The lowest BCUT2D eigenvalue weighted by atomic mass is 10.0. The van der Waals surface area contributed by atoms with Crippen molar-refractivity contribution < 1.29 is 24.3 Å². The van der Waals surface area contributed by atoms with Gasteiger partial charge in [-0.1, -0.05) is 30.3 Å². The zero-order valence-corrected chi connectivity index (χ0v) is 14.4. The maximum absolute atomic E-state index is 12.4. The highest BCUT2D eigenvalue weighted by Crippen LogP contribution is 2.05. The third-order valence-electron chi connectivity index (χ3n) is 3.38. The summed E-state index contributed by atoms with van der Waals surface area (Å²) in [6.07, 6.45) is -0.240. The molecule has 0 aromatic heterocycles. The van der Waals surface area contributed by atoms with Crippen LogP contribution in [-0.4, -0.2) is 46.6 Å². The number of carbonyl (C=O) groups excluding carboxylic acids is 3. The molecule has 0 saturated carbocycles. The van der Waals surface area contributed by atoms with Crippen LogP contribution in [0.15, 0.2) is 30.3 Å². The molecule has 2 atom stereocenters. The molecule has 1 aromatic rings. The number of nitrogens with one attached hydrogen (secondary N) is 2. The summed E-state index contributed by atoms with van der Waals surface area (Å²) < 4.78 is 0. The highest BCUT2D eigenvalue weighted by atomic mass is 32.1. The summed E-state index contributed by atoms with van der Waals surface area (Å²) in [4.78, 5) is 46.2. The molecule has 0 aliphatic heterocycles. The predicted molar refractivity (Wildman–Crippen MR) is 93.9 cm³/mol. The van der Waals surface area contributed by atoms with Crippen molar-refractivity contribution in [3.63, 3.8) is 0 Å². The van der Waals surface area contributed by atoms with E-state index in [1.165, 1.54) is 0 Å². The lowest BCUT2D eigenvalue weighted by Gasteiger charge is -2.21. The Morgan fingerprint density at radius 3 is 2.24 bits per heavy atom. The van der Waals surface area contributed by atoms with Gasteiger partial charge in [-0.2, -0.15) is 12.6 Å². The van der Waals surface area contributed by atoms with Crippen LogP contribution in [0.5, 0.6) is 0 Å². The number of rotatable bonds is 10. The Hall–Kier alpha value is -2.55. The molecule has 1 rings (SSSR count). The maximum Gasteiger partial charge on any atom is 0.303 e. The minimum Gasteiger partial charge on any atom is -0.481 e. The second-order valence-corrected chi connectivity index (χ2v) is 5.68. The van der Waals surface area contributed by atoms with Crippen LogP contribution in [0, 0.1) is 0 Å². The fourth-order valence-electron chi connectivity index (χ4n) is 2.12. The SMILES string of the molecule is NC(=O)[C@H](Cc1ccccc1)NC(=O)[C@H](CCC(=O)O)NC(=O)CS. The van der Waals surface area contributed by atoms with E-state index in [1.807, 2.05) is 6.07 Å². The number of thiol groups is 1. The largest absolute Gasteiger partial charge is 0.481 e. The van der Waals surface area contributed by atoms with Gasteiger partial charge in [0, 0.05) is 12.8 Å². The summed E-state index contributed by atoms with van der Waals surface area (Å²) in [5, 5.41) is 13.6. The summed E-state index contributed by atoms with van der Waals surface area (Å²) in [5.74, 6) is -3.17. The lowest BCUT2D eigenvalue weighted by molar-refractivity contribution is -0.138. The van der Waals surface area contributed by atoms with Gasteiger partial charge in [-0.3, -0.25) is 19.2 Å². The van der Waals surface area contributed by atoms with Crippen LogP contribution in [0.3, 0.4) is 0 Å². The van der Waals surface area contributed by atoms with E-state index in [2.05, 4.69) is 23.3 Å². The molecule has 25 heavy (non-hydrogen) atoms. The van der Waals surface area contributed by atoms with E-state index < -0.39 is 35.8 Å². The number of primary amides is 1. The number of amides is 3. The van der Waals surface area contributed by atoms with Crippen molar-refractivity contribution in [3.8, 4) is 0 Å². The Morgan fingerprint density at radius 1 is 1.08 bits per heavy atom. The fraction of sp³-hybridized carbons (Fsp3) is 0.375. The second kappa shape index (κ2) is 10.3. The standard InChI is InChI=1S/C16H21N3O5S/c17-15(23)12(8-10-4-2-1-3-5-10)19-16(24)11(6-7-14(21)22)18-13(20)9-25/h1-5,11-12,25H,6-9H2,(H2,17,23)(H,18,20)(H,19,24)(H,21,22)/t11-,12-/m0/s1. The second-order valence-electron chi connectivity index (χ2n) is 5.36. The molecule has 0 radical (unpaired) electrons. The highest BCUT2D eigenvalue weighted by Gasteiger charge is 2.26. The average Bonchev–Trinajstić information content (AvgIpc) is 2.58. The van der Waals surface area contributed by atoms with Crippen molar-refractivity contribution in [2.24, 2.45) is 5.73 Å². The minimum absolute atomic E-state index is 0.114. The summed E-state index contributed by atoms with van der Waals surface area (Å²) in [7, 11) is 0. The van der Waals surface area contributed by atoms with Crippen molar-refractivity contribution in [3.05, 3.63) is 35.9 Å². The van der Waals surface area contributed by atoms with Gasteiger partial charge in [-0.25, -0.2) is 0 Å². The van der Waals surface area contributed by atoms with Crippen molar-refractivity contribution >= 4 is 36.3 Å². The molecule has 0 aliphatic rings. The Kier molecular flexibility index (Phi) is 8.48. The topological polar surface area (TPSA) is 139 Å². The molecule has 0 heterocycles. The molecule has 0 fully saturated rings. The van der Waals surface area contributed by atoms with Crippen LogP contribution < -0.4 is 16.4 Å². The molecule has 136 valence electrons. The molecule has 0 bridgehead atoms. The van der Waals surface area contributed by atoms with E-state index in [0.29, 0.717) is 0 Å². The normalized spacial score (nSPS) is 12.7. The van der Waals surface area contributed by atoms with Crippen molar-refractivity contribution in [2.75, 3.05) is 5.75 Å². The van der Waals surface area contributed by atoms with Crippen LogP contribution in [-0.2, 0) is 25.6 Å². The third kappa shape index (κ3) is 7.71. The zero-order chi connectivity index (χ0) is 18.8. The molecular formula is C16H21N3O5S. The van der Waals surface area contributed by atoms with E-state index in [0.717, 1.165) is 5.56 Å². The van der Waals surface area contributed by atoms with E-state index >= 15 is 0 Å². The van der Waals surface area contributed by atoms with Crippen LogP contribution in [0.4, 0.5) is 0 Å². The van der Waals surface area contributed by atoms with Gasteiger partial charge >= 0.3 is 5.97 Å². The Balaban J connectivity index is 2.79. The van der Waals surface area contributed by atoms with Gasteiger partial charge in [-0.15, -0.1) is 0 Å². The molecule has 5 N–H and O–H groups in total. The van der Waals surface area contributed by atoms with Gasteiger partial charge in [0.15, 0.2) is 0 Å². The minimum atomic E-state index is -1.10. The first-order valence-corrected chi connectivity index (χ1v) is 8.22. The highest BCUT2D eigenvalue weighted by molar-refractivity contribution is 7.81. The van der Waals surface area contributed by atoms with Crippen molar-refractivity contribution in [1.29, 1.82) is 0 Å². The van der Waals surface area contributed by atoms with Gasteiger partial charge in [0.2, 0.25) is 17.7 Å². The summed E-state index contributed by atoms with van der Waals surface area (Å²) in [6, 6.07) is 6.90. The Labute approximate surface area is 150 Å². The number of aliphatic carboxylic acids is 1. The molecular weight excluding hydrogens is 346 g/mol. The van der Waals surface area contributed by atoms with Crippen LogP contribution in [0.1, 0.15) is 18.4 Å². The number of carboxylic acids is 1. The predicted octanol–water partition coefficient (Wildman–Crippen LogP) is -0.521. The van der Waals surface area contributed by atoms with E-state index in [1.54, 1.807) is 24.3 Å². The Morgan fingerprint density at radius 2 is 1.72 bits per heavy atom. The first-order chi connectivity index (χ1) is 11.8. The molecule has 0 aliphatic carbocycles. The van der Waals surface area contributed by atoms with Crippen molar-refractivity contribution in [2.45, 2.75) is 31.3 Å². The number of carbonyl (C=O) groups is 4. The number of carboxylic acid groups (broad SMARTS) is 1. The van der Waals surface area contributed by atoms with Gasteiger partial charge in [0.05, 0.1) is 5.75 Å². The number of hydrogen-bond donors (Lipinski definition) is 5. The zero-order valence-electron chi connectivity index (χ0n) is 13.5. The smallest absolute Gasteiger partial charge is 0.303 e. The molecule has 0 unspecified atom stereocenters. The van der Waals surface area contributed by atoms with Gasteiger partial charge in [0.25, 0.3) is 0 Å². The number of benzene rings is 1. The molecule has 1 aromatic carbocycles. The first kappa shape index (κ1) is 20.5. The number of nitrogens with two attached hydrogens (primary N) is 1. The molecule has 8 nitrogen and oxygen atoms in total. The van der Waals surface area contributed by atoms with Crippen LogP contribution >= 0.6 is 12.6 Å². The third-order valence-corrected chi connectivity index (χ3v) is 3.67. The van der Waals surface area contributed by atoms with E-state index in [9.17, 15) is 19.2 Å². The van der Waals surface area contributed by atoms with Crippen LogP contribution in [0.2, 0.25) is 0 Å². The summed E-state index contributed by atoms with van der Waals surface area (Å²) in [5.41, 5.74) is 6.13. The summed E-state index contributed by atoms with van der Waals surface area (Å²) >= 11 is 3.80. The van der Waals surface area contributed by atoms with Gasteiger partial charge in [-0.05, 0) is 12.0 Å². The van der Waals surface area contributed by atoms with E-state index in [-0.39, 0.29) is 25.0 Å². The number of hydrogen-bond acceptors (Lipinski definition) is 5. The van der Waals surface area contributed by atoms with Gasteiger partial charge in [0.1, 0.15) is 12.1 Å². The molecule has 0 saturated heterocycles. The monoisotopic (exact) mass is 367 g/mol. The van der Waals surface area contributed by atoms with Crippen molar-refractivity contribution in [1.82, 2.24) is 10.6 Å². The molecule has 3 amide bonds. The van der Waals surface area contributed by atoms with E-state index in [4.69, 9.17) is 10.8 Å². The fourth-order valence-corrected chi connectivity index (χ4v) is 2.21. The first-order valence-electron chi connectivity index (χ1n) is 7.59. The molecule has 9 heteroatoms. The molecule has 0 spiro atoms. The Bertz CT molecular complexity index is 623. The average molecular weight is 367 g/mol. The quantitative estimate of drug-likeness (QED) is 0.354. The maximum atomic E-state index is 12.4. The van der Waals surface area contributed by atoms with Crippen LogP contribution in [0.25, 0.3) is 0 Å². The summed E-state index contributed by atoms with van der Waals surface area (Å²) in [6.45, 7) is 0. The van der Waals surface area contributed by atoms with Gasteiger partial charge < -0.3 is 21.5 Å².